The minimum absolute atomic E-state index is 0.0488. The maximum absolute atomic E-state index is 12.9. The fourth-order valence-electron chi connectivity index (χ4n) is 0.754. The van der Waals surface area contributed by atoms with Crippen molar-refractivity contribution in [3.05, 3.63) is 12.3 Å². The van der Waals surface area contributed by atoms with Gasteiger partial charge >= 0.3 is 6.09 Å². The molecule has 0 aliphatic carbocycles. The molecule has 1 aliphatic heterocycles. The second kappa shape index (κ2) is 3.99. The molecular weight excluding hydrogens is 187 g/mol. The van der Waals surface area contributed by atoms with Crippen LogP contribution in [0.4, 0.5) is 4.39 Å². The van der Waals surface area contributed by atoms with Crippen molar-refractivity contribution in [3.8, 4) is 0 Å². The summed E-state index contributed by atoms with van der Waals surface area (Å²) in [5, 5.41) is 6.68. The van der Waals surface area contributed by atoms with Gasteiger partial charge in [0.05, 0.1) is 0 Å². The highest BCUT2D eigenvalue weighted by Crippen LogP contribution is 2.02. The van der Waals surface area contributed by atoms with Crippen LogP contribution in [0.1, 0.15) is 13.8 Å². The molecular formula is C8H11FN4O. The zero-order valence-electron chi connectivity index (χ0n) is 7.99. The fourth-order valence-corrected chi connectivity index (χ4v) is 0.754. The second-order valence-electron chi connectivity index (χ2n) is 3.01. The first kappa shape index (κ1) is 10.4. The number of halogens is 1. The lowest BCUT2D eigenvalue weighted by molar-refractivity contribution is -0.116. The van der Waals surface area contributed by atoms with Crippen molar-refractivity contribution in [2.75, 3.05) is 0 Å². The Kier molecular flexibility index (Phi) is 2.95. The van der Waals surface area contributed by atoms with Crippen LogP contribution in [0.2, 0.25) is 0 Å². The van der Waals surface area contributed by atoms with Gasteiger partial charge < -0.3 is 0 Å². The molecule has 0 fully saturated rings. The predicted molar refractivity (Wildman–Crippen MR) is 51.3 cm³/mol. The molecule has 6 heteroatoms. The zero-order valence-corrected chi connectivity index (χ0v) is 7.99. The largest absolute Gasteiger partial charge is 0.306 e. The van der Waals surface area contributed by atoms with Crippen LogP contribution in [-0.4, -0.2) is 29.4 Å². The minimum atomic E-state index is -0.962. The Morgan fingerprint density at radius 3 is 2.86 bits per heavy atom. The standard InChI is InChI=1S/C8H11FN4O/c1-5(2)13-4-10-6(3)7(14)11-8(9)12-13/h4-5H,3H2,1-2H3,(H,11,12,14)/b10-4-. The number of carbonyl (C=O) groups excluding carboxylic acids is 1. The summed E-state index contributed by atoms with van der Waals surface area (Å²) < 4.78 is 12.9. The Hall–Kier alpha value is -1.72. The molecule has 1 heterocycles. The van der Waals surface area contributed by atoms with Crippen LogP contribution < -0.4 is 5.32 Å². The summed E-state index contributed by atoms with van der Waals surface area (Å²) in [6.07, 6.45) is 0.307. The predicted octanol–water partition coefficient (Wildman–Crippen LogP) is 0.609. The molecule has 0 unspecified atom stereocenters. The third-order valence-electron chi connectivity index (χ3n) is 1.54. The quantitative estimate of drug-likeness (QED) is 0.495. The van der Waals surface area contributed by atoms with E-state index in [9.17, 15) is 9.18 Å². The fraction of sp³-hybridized carbons (Fsp3) is 0.375. The number of hydrogen-bond donors (Lipinski definition) is 1. The van der Waals surface area contributed by atoms with Gasteiger partial charge in [0.25, 0.3) is 5.91 Å². The molecule has 14 heavy (non-hydrogen) atoms. The molecule has 1 amide bonds. The third kappa shape index (κ3) is 2.38. The summed E-state index contributed by atoms with van der Waals surface area (Å²) in [5.41, 5.74) is -0.0549. The molecule has 0 atom stereocenters. The van der Waals surface area contributed by atoms with Crippen molar-refractivity contribution < 1.29 is 9.18 Å². The van der Waals surface area contributed by atoms with E-state index in [1.54, 1.807) is 0 Å². The number of nitrogens with zero attached hydrogens (tertiary/aromatic N) is 3. The van der Waals surface area contributed by atoms with E-state index in [-0.39, 0.29) is 11.7 Å². The van der Waals surface area contributed by atoms with E-state index in [0.29, 0.717) is 0 Å². The van der Waals surface area contributed by atoms with Gasteiger partial charge in [0.15, 0.2) is 0 Å². The van der Waals surface area contributed by atoms with Crippen LogP contribution in [0.15, 0.2) is 22.4 Å². The molecule has 0 spiro atoms. The van der Waals surface area contributed by atoms with Crippen molar-refractivity contribution >= 4 is 18.3 Å². The van der Waals surface area contributed by atoms with Crippen LogP contribution in [0.5, 0.6) is 0 Å². The lowest BCUT2D eigenvalue weighted by Crippen LogP contribution is -2.35. The van der Waals surface area contributed by atoms with Crippen LogP contribution in [0.3, 0.4) is 0 Å². The Morgan fingerprint density at radius 1 is 1.64 bits per heavy atom. The highest BCUT2D eigenvalue weighted by molar-refractivity contribution is 6.04. The van der Waals surface area contributed by atoms with Gasteiger partial charge in [-0.25, -0.2) is 10.0 Å². The molecule has 76 valence electrons. The minimum Gasteiger partial charge on any atom is -0.279 e. The van der Waals surface area contributed by atoms with Crippen molar-refractivity contribution in [1.29, 1.82) is 0 Å². The zero-order chi connectivity index (χ0) is 10.7. The molecule has 1 N–H and O–H groups in total. The van der Waals surface area contributed by atoms with Gasteiger partial charge in [-0.1, -0.05) is 6.58 Å². The second-order valence-corrected chi connectivity index (χ2v) is 3.01. The molecule has 5 nitrogen and oxygen atoms in total. The molecule has 1 aliphatic rings. The molecule has 0 bridgehead atoms. The first-order valence-corrected chi connectivity index (χ1v) is 4.07. The number of amidine groups is 1. The summed E-state index contributed by atoms with van der Waals surface area (Å²) in [7, 11) is 0. The summed E-state index contributed by atoms with van der Waals surface area (Å²) in [5.74, 6) is -0.689. The number of hydrogen-bond acceptors (Lipinski definition) is 4. The van der Waals surface area contributed by atoms with E-state index in [0.717, 1.165) is 0 Å². The van der Waals surface area contributed by atoms with Gasteiger partial charge in [-0.15, -0.1) is 5.10 Å². The molecule has 0 aromatic rings. The maximum Gasteiger partial charge on any atom is 0.306 e. The van der Waals surface area contributed by atoms with Gasteiger partial charge in [0, 0.05) is 6.04 Å². The smallest absolute Gasteiger partial charge is 0.279 e. The molecule has 0 saturated heterocycles. The number of rotatable bonds is 1. The van der Waals surface area contributed by atoms with E-state index >= 15 is 0 Å². The SMILES string of the molecule is C=C1/N=C\N(C(C)C)/N=C(/F)NC1=O. The first-order chi connectivity index (χ1) is 6.50. The van der Waals surface area contributed by atoms with Gasteiger partial charge in [0.2, 0.25) is 0 Å². The summed E-state index contributed by atoms with van der Waals surface area (Å²) >= 11 is 0. The lowest BCUT2D eigenvalue weighted by Gasteiger charge is -2.19. The van der Waals surface area contributed by atoms with E-state index in [2.05, 4.69) is 16.7 Å². The van der Waals surface area contributed by atoms with E-state index in [4.69, 9.17) is 0 Å². The van der Waals surface area contributed by atoms with Crippen molar-refractivity contribution in [3.63, 3.8) is 0 Å². The maximum atomic E-state index is 12.9. The van der Waals surface area contributed by atoms with E-state index < -0.39 is 12.0 Å². The Labute approximate surface area is 81.0 Å². The average molecular weight is 198 g/mol. The monoisotopic (exact) mass is 198 g/mol. The van der Waals surface area contributed by atoms with Gasteiger partial charge in [-0.2, -0.15) is 4.39 Å². The highest BCUT2D eigenvalue weighted by Gasteiger charge is 2.14. The Balaban J connectivity index is 2.93. The molecule has 0 aromatic heterocycles. The van der Waals surface area contributed by atoms with Crippen LogP contribution in [-0.2, 0) is 4.79 Å². The molecule has 0 aromatic carbocycles. The van der Waals surface area contributed by atoms with Crippen LogP contribution in [0, 0.1) is 0 Å². The Bertz CT molecular complexity index is 321. The lowest BCUT2D eigenvalue weighted by atomic mass is 10.4. The topological polar surface area (TPSA) is 57.1 Å². The number of aliphatic imine (C=N–C) groups is 1. The third-order valence-corrected chi connectivity index (χ3v) is 1.54. The van der Waals surface area contributed by atoms with Gasteiger partial charge in [-0.05, 0) is 13.8 Å². The van der Waals surface area contributed by atoms with Crippen molar-refractivity contribution in [1.82, 2.24) is 10.3 Å². The van der Waals surface area contributed by atoms with Crippen LogP contribution >= 0.6 is 0 Å². The van der Waals surface area contributed by atoms with Gasteiger partial charge in [0.1, 0.15) is 12.0 Å². The number of amides is 1. The highest BCUT2D eigenvalue weighted by atomic mass is 19.1. The van der Waals surface area contributed by atoms with E-state index in [1.165, 1.54) is 11.3 Å². The van der Waals surface area contributed by atoms with Crippen LogP contribution in [0.25, 0.3) is 0 Å². The molecule has 0 saturated carbocycles. The van der Waals surface area contributed by atoms with Crippen molar-refractivity contribution in [2.24, 2.45) is 10.1 Å². The summed E-state index contributed by atoms with van der Waals surface area (Å²) in [6.45, 7) is 7.00. The average Bonchev–Trinajstić information content (AvgIpc) is 2.09. The number of hydrazone groups is 1. The van der Waals surface area contributed by atoms with Gasteiger partial charge in [-0.3, -0.25) is 10.1 Å². The number of nitrogens with one attached hydrogen (secondary N) is 1. The molecule has 0 radical (unpaired) electrons. The first-order valence-electron chi connectivity index (χ1n) is 4.07. The summed E-state index contributed by atoms with van der Waals surface area (Å²) in [6, 6.07) is -0.0488. The van der Waals surface area contributed by atoms with E-state index in [1.807, 2.05) is 19.2 Å². The van der Waals surface area contributed by atoms with Crippen molar-refractivity contribution in [2.45, 2.75) is 19.9 Å². The Morgan fingerprint density at radius 2 is 2.29 bits per heavy atom. The summed E-state index contributed by atoms with van der Waals surface area (Å²) in [4.78, 5) is 14.7. The number of carbonyl (C=O) groups is 1. The molecule has 1 rings (SSSR count). The normalized spacial score (nSPS) is 23.7.